The second-order valence-corrected chi connectivity index (χ2v) is 6.68. The van der Waals surface area contributed by atoms with Gasteiger partial charge in [0.15, 0.2) is 5.16 Å². The number of aromatic nitrogens is 2. The lowest BCUT2D eigenvalue weighted by molar-refractivity contribution is -0.142. The molecule has 0 fully saturated rings. The lowest BCUT2D eigenvalue weighted by Crippen LogP contribution is -2.20. The number of thioether (sulfide) groups is 1. The standard InChI is InChI=1S/C18H19N3O3S/c1-3-4-10-24-17(23)12(2)25-18-20-15(13-8-6-5-7-9-13)14(11-19)16(22)21-18/h5-9,12H,3-4,10H2,1-2H3,(H,20,21,22)/t12-/m0/s1. The second-order valence-electron chi connectivity index (χ2n) is 5.35. The molecule has 0 amide bonds. The van der Waals surface area contributed by atoms with E-state index in [0.29, 0.717) is 17.9 Å². The average Bonchev–Trinajstić information content (AvgIpc) is 2.62. The molecule has 0 unspecified atom stereocenters. The molecule has 1 N–H and O–H groups in total. The maximum Gasteiger partial charge on any atom is 0.319 e. The van der Waals surface area contributed by atoms with E-state index in [1.54, 1.807) is 31.2 Å². The fourth-order valence-electron chi connectivity index (χ4n) is 2.07. The normalized spacial score (nSPS) is 11.6. The maximum absolute atomic E-state index is 12.2. The minimum absolute atomic E-state index is 0.0475. The summed E-state index contributed by atoms with van der Waals surface area (Å²) in [6.07, 6.45) is 1.76. The molecule has 0 saturated heterocycles. The molecule has 1 atom stereocenters. The van der Waals surface area contributed by atoms with Gasteiger partial charge in [0.05, 0.1) is 12.3 Å². The van der Waals surface area contributed by atoms with Crippen LogP contribution in [0.15, 0.2) is 40.3 Å². The van der Waals surface area contributed by atoms with Gasteiger partial charge in [-0.15, -0.1) is 0 Å². The van der Waals surface area contributed by atoms with Crippen LogP contribution in [0.4, 0.5) is 0 Å². The first-order chi connectivity index (χ1) is 12.1. The molecule has 0 aliphatic heterocycles. The molecule has 25 heavy (non-hydrogen) atoms. The number of hydrogen-bond donors (Lipinski definition) is 1. The third kappa shape index (κ3) is 4.94. The Morgan fingerprint density at radius 3 is 2.76 bits per heavy atom. The third-order valence-corrected chi connectivity index (χ3v) is 4.38. The third-order valence-electron chi connectivity index (χ3n) is 3.42. The van der Waals surface area contributed by atoms with E-state index in [4.69, 9.17) is 4.74 Å². The molecule has 7 heteroatoms. The van der Waals surface area contributed by atoms with Gasteiger partial charge in [0.25, 0.3) is 5.56 Å². The molecule has 0 radical (unpaired) electrons. The molecular formula is C18H19N3O3S. The van der Waals surface area contributed by atoms with Gasteiger partial charge in [0.2, 0.25) is 0 Å². The fourth-order valence-corrected chi connectivity index (χ4v) is 2.86. The van der Waals surface area contributed by atoms with Crippen molar-refractivity contribution in [2.24, 2.45) is 0 Å². The van der Waals surface area contributed by atoms with Crippen molar-refractivity contribution in [3.63, 3.8) is 0 Å². The summed E-state index contributed by atoms with van der Waals surface area (Å²) < 4.78 is 5.17. The number of esters is 1. The van der Waals surface area contributed by atoms with Gasteiger partial charge in [-0.25, -0.2) is 4.98 Å². The predicted molar refractivity (Wildman–Crippen MR) is 96.2 cm³/mol. The first-order valence-electron chi connectivity index (χ1n) is 8.00. The van der Waals surface area contributed by atoms with Gasteiger partial charge in [-0.1, -0.05) is 55.4 Å². The van der Waals surface area contributed by atoms with Crippen LogP contribution in [0.3, 0.4) is 0 Å². The monoisotopic (exact) mass is 357 g/mol. The first-order valence-corrected chi connectivity index (χ1v) is 8.88. The van der Waals surface area contributed by atoms with Gasteiger partial charge in [0.1, 0.15) is 16.9 Å². The Balaban J connectivity index is 2.25. The van der Waals surface area contributed by atoms with Crippen molar-refractivity contribution in [3.05, 3.63) is 46.2 Å². The van der Waals surface area contributed by atoms with Crippen molar-refractivity contribution in [2.75, 3.05) is 6.61 Å². The van der Waals surface area contributed by atoms with Gasteiger partial charge < -0.3 is 9.72 Å². The minimum Gasteiger partial charge on any atom is -0.465 e. The summed E-state index contributed by atoms with van der Waals surface area (Å²) in [6, 6.07) is 10.9. The van der Waals surface area contributed by atoms with E-state index < -0.39 is 10.8 Å². The van der Waals surface area contributed by atoms with Gasteiger partial charge >= 0.3 is 5.97 Å². The number of benzene rings is 1. The Bertz CT molecular complexity index is 828. The predicted octanol–water partition coefficient (Wildman–Crippen LogP) is 3.13. The van der Waals surface area contributed by atoms with Gasteiger partial charge in [-0.2, -0.15) is 5.26 Å². The molecule has 2 aromatic rings. The van der Waals surface area contributed by atoms with Crippen LogP contribution in [0.5, 0.6) is 0 Å². The molecule has 0 aliphatic rings. The van der Waals surface area contributed by atoms with Crippen molar-refractivity contribution >= 4 is 17.7 Å². The Labute approximate surface area is 150 Å². The lowest BCUT2D eigenvalue weighted by atomic mass is 10.1. The molecular weight excluding hydrogens is 338 g/mol. The molecule has 130 valence electrons. The van der Waals surface area contributed by atoms with Gasteiger partial charge in [-0.05, 0) is 13.3 Å². The molecule has 0 bridgehead atoms. The van der Waals surface area contributed by atoms with Crippen LogP contribution in [-0.4, -0.2) is 27.8 Å². The van der Waals surface area contributed by atoms with E-state index >= 15 is 0 Å². The van der Waals surface area contributed by atoms with E-state index in [9.17, 15) is 14.9 Å². The summed E-state index contributed by atoms with van der Waals surface area (Å²) in [6.45, 7) is 4.09. The second kappa shape index (κ2) is 9.04. The smallest absolute Gasteiger partial charge is 0.319 e. The summed E-state index contributed by atoms with van der Waals surface area (Å²) >= 11 is 1.10. The number of carbonyl (C=O) groups excluding carboxylic acids is 1. The number of nitrogens with zero attached hydrogens (tertiary/aromatic N) is 2. The van der Waals surface area contributed by atoms with Crippen LogP contribution in [-0.2, 0) is 9.53 Å². The number of rotatable bonds is 7. The lowest BCUT2D eigenvalue weighted by Gasteiger charge is -2.11. The Morgan fingerprint density at radius 2 is 2.12 bits per heavy atom. The number of aromatic amines is 1. The number of nitrogens with one attached hydrogen (secondary N) is 1. The van der Waals surface area contributed by atoms with Crippen LogP contribution in [0, 0.1) is 11.3 Å². The van der Waals surface area contributed by atoms with Crippen LogP contribution >= 0.6 is 11.8 Å². The average molecular weight is 357 g/mol. The van der Waals surface area contributed by atoms with E-state index in [1.807, 2.05) is 19.1 Å². The zero-order valence-corrected chi connectivity index (χ0v) is 14.9. The topological polar surface area (TPSA) is 95.8 Å². The van der Waals surface area contributed by atoms with Crippen molar-refractivity contribution < 1.29 is 9.53 Å². The highest BCUT2D eigenvalue weighted by Crippen LogP contribution is 2.24. The summed E-state index contributed by atoms with van der Waals surface area (Å²) in [5.74, 6) is -0.355. The number of carbonyl (C=O) groups is 1. The molecule has 0 spiro atoms. The van der Waals surface area contributed by atoms with E-state index in [2.05, 4.69) is 9.97 Å². The number of ether oxygens (including phenoxy) is 1. The van der Waals surface area contributed by atoms with Crippen molar-refractivity contribution in [2.45, 2.75) is 37.1 Å². The summed E-state index contributed by atoms with van der Waals surface area (Å²) in [4.78, 5) is 31.1. The van der Waals surface area contributed by atoms with Crippen LogP contribution in [0.1, 0.15) is 32.3 Å². The van der Waals surface area contributed by atoms with Gasteiger partial charge in [-0.3, -0.25) is 9.59 Å². The fraction of sp³-hybridized carbons (Fsp3) is 0.333. The zero-order chi connectivity index (χ0) is 18.2. The van der Waals surface area contributed by atoms with Crippen LogP contribution in [0.25, 0.3) is 11.3 Å². The zero-order valence-electron chi connectivity index (χ0n) is 14.1. The van der Waals surface area contributed by atoms with Crippen molar-refractivity contribution in [3.8, 4) is 17.3 Å². The Morgan fingerprint density at radius 1 is 1.40 bits per heavy atom. The molecule has 1 aromatic carbocycles. The van der Waals surface area contributed by atoms with E-state index in [0.717, 1.165) is 24.6 Å². The van der Waals surface area contributed by atoms with E-state index in [-0.39, 0.29) is 16.7 Å². The van der Waals surface area contributed by atoms with Crippen LogP contribution < -0.4 is 5.56 Å². The molecule has 1 aromatic heterocycles. The largest absolute Gasteiger partial charge is 0.465 e. The Kier molecular flexibility index (Phi) is 6.78. The minimum atomic E-state index is -0.523. The quantitative estimate of drug-likeness (QED) is 0.354. The number of hydrogen-bond acceptors (Lipinski definition) is 6. The first kappa shape index (κ1) is 18.7. The number of nitriles is 1. The summed E-state index contributed by atoms with van der Waals surface area (Å²) in [5.41, 5.74) is 0.408. The highest BCUT2D eigenvalue weighted by Gasteiger charge is 2.19. The summed E-state index contributed by atoms with van der Waals surface area (Å²) in [5, 5.41) is 9.01. The summed E-state index contributed by atoms with van der Waals surface area (Å²) in [7, 11) is 0. The van der Waals surface area contributed by atoms with Crippen molar-refractivity contribution in [1.82, 2.24) is 9.97 Å². The Hall–Kier alpha value is -2.59. The highest BCUT2D eigenvalue weighted by molar-refractivity contribution is 8.00. The van der Waals surface area contributed by atoms with E-state index in [1.165, 1.54) is 0 Å². The SMILES string of the molecule is CCCCOC(=O)[C@H](C)Sc1nc(-c2ccccc2)c(C#N)c(=O)[nH]1. The molecule has 0 aliphatic carbocycles. The highest BCUT2D eigenvalue weighted by atomic mass is 32.2. The van der Waals surface area contributed by atoms with Crippen LogP contribution in [0.2, 0.25) is 0 Å². The maximum atomic E-state index is 12.2. The molecule has 0 saturated carbocycles. The molecule has 2 rings (SSSR count). The number of unbranched alkanes of at least 4 members (excludes halogenated alkanes) is 1. The molecule has 6 nitrogen and oxygen atoms in total. The molecule has 1 heterocycles. The van der Waals surface area contributed by atoms with Gasteiger partial charge in [0, 0.05) is 5.56 Å². The van der Waals surface area contributed by atoms with Crippen molar-refractivity contribution in [1.29, 1.82) is 5.26 Å². The number of H-pyrrole nitrogens is 1.